The first-order valence-corrected chi connectivity index (χ1v) is 10.6. The summed E-state index contributed by atoms with van der Waals surface area (Å²) in [7, 11) is 0. The number of rotatable bonds is 5. The molecule has 1 unspecified atom stereocenters. The minimum atomic E-state index is -0.737. The molecule has 2 aromatic rings. The minimum Gasteiger partial charge on any atom is -0.354 e. The second kappa shape index (κ2) is 8.38. The standard InChI is InChI=1S/C24H27F2N3O2/c1-16(2)27-22(30)20-12-28(11-17-6-4-3-5-7-17)13-24(20)14-29(15-24)23(31)19-10-18(25)8-9-21(19)26/h3-10,16,20H,11-15H2,1-2H3,(H,27,30). The Morgan fingerprint density at radius 2 is 1.81 bits per heavy atom. The maximum atomic E-state index is 14.1. The van der Waals surface area contributed by atoms with Gasteiger partial charge in [0, 0.05) is 44.2 Å². The smallest absolute Gasteiger partial charge is 0.256 e. The highest BCUT2D eigenvalue weighted by Gasteiger charge is 2.57. The van der Waals surface area contributed by atoms with E-state index in [2.05, 4.69) is 22.3 Å². The summed E-state index contributed by atoms with van der Waals surface area (Å²) in [5.74, 6) is -2.20. The van der Waals surface area contributed by atoms with Crippen molar-refractivity contribution in [1.82, 2.24) is 15.1 Å². The van der Waals surface area contributed by atoms with E-state index in [1.165, 1.54) is 4.90 Å². The molecule has 0 aliphatic carbocycles. The Morgan fingerprint density at radius 3 is 2.48 bits per heavy atom. The second-order valence-electron chi connectivity index (χ2n) is 9.02. The minimum absolute atomic E-state index is 0.0189. The van der Waals surface area contributed by atoms with Crippen molar-refractivity contribution in [3.63, 3.8) is 0 Å². The summed E-state index contributed by atoms with van der Waals surface area (Å²) in [6, 6.07) is 13.0. The molecule has 1 spiro atoms. The Morgan fingerprint density at radius 1 is 1.10 bits per heavy atom. The Labute approximate surface area is 181 Å². The molecule has 0 radical (unpaired) electrons. The molecule has 4 rings (SSSR count). The van der Waals surface area contributed by atoms with Crippen LogP contribution in [-0.4, -0.2) is 53.8 Å². The van der Waals surface area contributed by atoms with Crippen molar-refractivity contribution >= 4 is 11.8 Å². The summed E-state index contributed by atoms with van der Waals surface area (Å²) in [5.41, 5.74) is 0.515. The number of amides is 2. The van der Waals surface area contributed by atoms with Crippen LogP contribution in [0.2, 0.25) is 0 Å². The first-order chi connectivity index (χ1) is 14.8. The van der Waals surface area contributed by atoms with E-state index in [0.717, 1.165) is 30.3 Å². The van der Waals surface area contributed by atoms with Gasteiger partial charge in [-0.15, -0.1) is 0 Å². The van der Waals surface area contributed by atoms with Gasteiger partial charge in [0.25, 0.3) is 5.91 Å². The largest absolute Gasteiger partial charge is 0.354 e. The maximum Gasteiger partial charge on any atom is 0.256 e. The Balaban J connectivity index is 1.51. The van der Waals surface area contributed by atoms with Crippen LogP contribution in [0.3, 0.4) is 0 Å². The van der Waals surface area contributed by atoms with E-state index in [1.807, 2.05) is 32.0 Å². The van der Waals surface area contributed by atoms with Gasteiger partial charge in [0.2, 0.25) is 5.91 Å². The van der Waals surface area contributed by atoms with Crippen LogP contribution < -0.4 is 5.32 Å². The first-order valence-electron chi connectivity index (χ1n) is 10.6. The first kappa shape index (κ1) is 21.4. The van der Waals surface area contributed by atoms with Gasteiger partial charge in [0.05, 0.1) is 11.5 Å². The number of hydrogen-bond donors (Lipinski definition) is 1. The van der Waals surface area contributed by atoms with Crippen LogP contribution in [0.15, 0.2) is 48.5 Å². The predicted molar refractivity (Wildman–Crippen MR) is 113 cm³/mol. The molecule has 0 aromatic heterocycles. The van der Waals surface area contributed by atoms with Gasteiger partial charge >= 0.3 is 0 Å². The van der Waals surface area contributed by atoms with E-state index >= 15 is 0 Å². The van der Waals surface area contributed by atoms with Gasteiger partial charge < -0.3 is 10.2 Å². The van der Waals surface area contributed by atoms with Crippen molar-refractivity contribution in [3.8, 4) is 0 Å². The molecule has 31 heavy (non-hydrogen) atoms. The number of benzene rings is 2. The van der Waals surface area contributed by atoms with Gasteiger partial charge in [0.1, 0.15) is 11.6 Å². The van der Waals surface area contributed by atoms with Crippen molar-refractivity contribution in [1.29, 1.82) is 0 Å². The number of hydrogen-bond acceptors (Lipinski definition) is 3. The van der Waals surface area contributed by atoms with Gasteiger partial charge in [0.15, 0.2) is 0 Å². The second-order valence-corrected chi connectivity index (χ2v) is 9.02. The highest BCUT2D eigenvalue weighted by atomic mass is 19.1. The number of nitrogens with one attached hydrogen (secondary N) is 1. The highest BCUT2D eigenvalue weighted by molar-refractivity contribution is 5.95. The van der Waals surface area contributed by atoms with Crippen LogP contribution in [0, 0.1) is 23.0 Å². The summed E-state index contributed by atoms with van der Waals surface area (Å²) in [5, 5.41) is 3.01. The summed E-state index contributed by atoms with van der Waals surface area (Å²) in [6.07, 6.45) is 0. The summed E-state index contributed by atoms with van der Waals surface area (Å²) >= 11 is 0. The van der Waals surface area contributed by atoms with Crippen molar-refractivity contribution in [2.45, 2.75) is 26.4 Å². The fourth-order valence-corrected chi connectivity index (χ4v) is 4.79. The summed E-state index contributed by atoms with van der Waals surface area (Å²) in [6.45, 7) is 6.54. The molecule has 2 fully saturated rings. The molecular formula is C24H27F2N3O2. The fourth-order valence-electron chi connectivity index (χ4n) is 4.79. The lowest BCUT2D eigenvalue weighted by atomic mass is 9.71. The zero-order valence-electron chi connectivity index (χ0n) is 17.8. The highest BCUT2D eigenvalue weighted by Crippen LogP contribution is 2.45. The van der Waals surface area contributed by atoms with E-state index in [4.69, 9.17) is 0 Å². The average Bonchev–Trinajstić information content (AvgIpc) is 3.08. The van der Waals surface area contributed by atoms with Gasteiger partial charge in [-0.1, -0.05) is 30.3 Å². The molecule has 2 saturated heterocycles. The van der Waals surface area contributed by atoms with Crippen LogP contribution in [-0.2, 0) is 11.3 Å². The van der Waals surface area contributed by atoms with Crippen LogP contribution in [0.5, 0.6) is 0 Å². The molecule has 2 aromatic carbocycles. The Kier molecular flexibility index (Phi) is 5.79. The molecule has 2 heterocycles. The van der Waals surface area contributed by atoms with Gasteiger partial charge in [-0.3, -0.25) is 14.5 Å². The van der Waals surface area contributed by atoms with Gasteiger partial charge in [-0.2, -0.15) is 0 Å². The number of likely N-dealkylation sites (tertiary alicyclic amines) is 2. The Bertz CT molecular complexity index is 974. The molecule has 2 amide bonds. The summed E-state index contributed by atoms with van der Waals surface area (Å²) < 4.78 is 27.6. The molecule has 0 saturated carbocycles. The van der Waals surface area contributed by atoms with E-state index in [9.17, 15) is 18.4 Å². The number of halogens is 2. The van der Waals surface area contributed by atoms with Crippen molar-refractivity contribution in [3.05, 3.63) is 71.3 Å². The third-order valence-electron chi connectivity index (χ3n) is 6.17. The lowest BCUT2D eigenvalue weighted by Gasteiger charge is -2.50. The third kappa shape index (κ3) is 4.32. The molecule has 7 heteroatoms. The fraction of sp³-hybridized carbons (Fsp3) is 0.417. The molecule has 0 bridgehead atoms. The van der Waals surface area contributed by atoms with Crippen LogP contribution in [0.25, 0.3) is 0 Å². The van der Waals surface area contributed by atoms with E-state index in [-0.39, 0.29) is 28.8 Å². The zero-order valence-corrected chi connectivity index (χ0v) is 17.8. The molecular weight excluding hydrogens is 400 g/mol. The third-order valence-corrected chi connectivity index (χ3v) is 6.17. The lowest BCUT2D eigenvalue weighted by Crippen LogP contribution is -2.64. The van der Waals surface area contributed by atoms with E-state index < -0.39 is 17.5 Å². The Hall–Kier alpha value is -2.80. The van der Waals surface area contributed by atoms with Gasteiger partial charge in [-0.05, 0) is 37.6 Å². The normalized spacial score (nSPS) is 20.2. The molecule has 1 atom stereocenters. The molecule has 2 aliphatic rings. The topological polar surface area (TPSA) is 52.7 Å². The van der Waals surface area contributed by atoms with Crippen LogP contribution in [0.1, 0.15) is 29.8 Å². The van der Waals surface area contributed by atoms with Crippen molar-refractivity contribution in [2.75, 3.05) is 26.2 Å². The van der Waals surface area contributed by atoms with Crippen LogP contribution in [0.4, 0.5) is 8.78 Å². The van der Waals surface area contributed by atoms with E-state index in [0.29, 0.717) is 26.2 Å². The molecule has 1 N–H and O–H groups in total. The quantitative estimate of drug-likeness (QED) is 0.798. The van der Waals surface area contributed by atoms with E-state index in [1.54, 1.807) is 0 Å². The number of carbonyl (C=O) groups is 2. The monoisotopic (exact) mass is 427 g/mol. The maximum absolute atomic E-state index is 14.1. The predicted octanol–water partition coefficient (Wildman–Crippen LogP) is 3.06. The van der Waals surface area contributed by atoms with Crippen LogP contribution >= 0.6 is 0 Å². The summed E-state index contributed by atoms with van der Waals surface area (Å²) in [4.78, 5) is 29.5. The van der Waals surface area contributed by atoms with Crippen molar-refractivity contribution in [2.24, 2.45) is 11.3 Å². The lowest BCUT2D eigenvalue weighted by molar-refractivity contribution is -0.131. The average molecular weight is 427 g/mol. The molecule has 164 valence electrons. The van der Waals surface area contributed by atoms with Gasteiger partial charge in [-0.25, -0.2) is 8.78 Å². The number of carbonyl (C=O) groups excluding carboxylic acids is 2. The molecule has 5 nitrogen and oxygen atoms in total. The molecule has 2 aliphatic heterocycles. The zero-order chi connectivity index (χ0) is 22.2. The SMILES string of the molecule is CC(C)NC(=O)C1CN(Cc2ccccc2)CC12CN(C(=O)c1cc(F)ccc1F)C2. The van der Waals surface area contributed by atoms with Crippen molar-refractivity contribution < 1.29 is 18.4 Å². The number of nitrogens with zero attached hydrogens (tertiary/aromatic N) is 2.